The first-order chi connectivity index (χ1) is 19.8. The van der Waals surface area contributed by atoms with Gasteiger partial charge in [0.15, 0.2) is 5.13 Å². The van der Waals surface area contributed by atoms with Gasteiger partial charge in [0, 0.05) is 40.8 Å². The molecule has 1 heterocycles. The van der Waals surface area contributed by atoms with Gasteiger partial charge in [-0.1, -0.05) is 33.8 Å². The second kappa shape index (κ2) is 13.1. The summed E-state index contributed by atoms with van der Waals surface area (Å²) >= 11 is 2.72. The molecule has 0 unspecified atom stereocenters. The molecule has 3 aliphatic carbocycles. The Morgan fingerprint density at radius 2 is 2.07 bits per heavy atom. The summed E-state index contributed by atoms with van der Waals surface area (Å²) in [6.45, 7) is 13.0. The van der Waals surface area contributed by atoms with Gasteiger partial charge < -0.3 is 20.3 Å². The first kappa shape index (κ1) is 33.1. The molecule has 0 spiro atoms. The quantitative estimate of drug-likeness (QED) is 0.247. The van der Waals surface area contributed by atoms with E-state index in [4.69, 9.17) is 9.84 Å². The van der Waals surface area contributed by atoms with Gasteiger partial charge in [-0.25, -0.2) is 4.98 Å². The number of thiazole rings is 1. The summed E-state index contributed by atoms with van der Waals surface area (Å²) in [5.74, 6) is 0.178. The standard InChI is InChI=1S/C31H47N3O6S2/c1-7-29(4)14-23(30(5)19(2)8-10-31(20(3)27(29)39)11-9-22(36)26(30)31)40-25(38)18-41-16-21-17-42-28(32-21)33-24(37)15-34(6)12-13-35/h7,17,19-20,23,26-27,35,39H,1,8-16,18H2,2-6H3,(H,32,33,37)/t19-,20+,23-,26+,27+,29-,30+,31+/m1/s1. The maximum absolute atomic E-state index is 13.5. The number of likely N-dealkylation sites (N-methyl/N-ethyl adjacent to an activating group) is 1. The van der Waals surface area contributed by atoms with Crippen molar-refractivity contribution in [2.45, 2.75) is 77.8 Å². The highest BCUT2D eigenvalue weighted by Gasteiger charge is 2.68. The molecule has 0 saturated heterocycles. The summed E-state index contributed by atoms with van der Waals surface area (Å²) in [5.41, 5.74) is -0.729. The molecule has 234 valence electrons. The Bertz CT molecular complexity index is 1180. The van der Waals surface area contributed by atoms with Crippen LogP contribution < -0.4 is 5.32 Å². The fraction of sp³-hybridized carbons (Fsp3) is 0.742. The zero-order valence-electron chi connectivity index (χ0n) is 25.6. The smallest absolute Gasteiger partial charge is 0.316 e. The molecule has 1 aromatic rings. The number of Topliss-reactive ketones (excluding diaryl/α,β-unsaturated/α-hetero) is 1. The van der Waals surface area contributed by atoms with Crippen molar-refractivity contribution in [3.63, 3.8) is 0 Å². The van der Waals surface area contributed by atoms with Gasteiger partial charge in [0.2, 0.25) is 5.91 Å². The third-order valence-corrected chi connectivity index (χ3v) is 12.5. The molecular formula is C31H47N3O6S2. The summed E-state index contributed by atoms with van der Waals surface area (Å²) in [6, 6.07) is 0. The topological polar surface area (TPSA) is 129 Å². The van der Waals surface area contributed by atoms with Gasteiger partial charge in [-0.2, -0.15) is 0 Å². The molecule has 9 nitrogen and oxygen atoms in total. The van der Waals surface area contributed by atoms with Gasteiger partial charge in [0.1, 0.15) is 11.9 Å². The lowest BCUT2D eigenvalue weighted by molar-refractivity contribution is -0.205. The molecule has 3 saturated carbocycles. The zero-order valence-corrected chi connectivity index (χ0v) is 27.2. The van der Waals surface area contributed by atoms with Crippen LogP contribution in [0.25, 0.3) is 0 Å². The van der Waals surface area contributed by atoms with Crippen LogP contribution in [0.15, 0.2) is 18.0 Å². The highest BCUT2D eigenvalue weighted by Crippen LogP contribution is 2.68. The lowest BCUT2D eigenvalue weighted by Gasteiger charge is -2.61. The van der Waals surface area contributed by atoms with Crippen molar-refractivity contribution < 1.29 is 29.3 Å². The lowest BCUT2D eigenvalue weighted by Crippen LogP contribution is -2.63. The number of carbonyl (C=O) groups is 3. The second-order valence-electron chi connectivity index (χ2n) is 13.2. The van der Waals surface area contributed by atoms with E-state index in [1.165, 1.54) is 23.1 Å². The number of ether oxygens (including phenoxy) is 1. The van der Waals surface area contributed by atoms with Gasteiger partial charge in [0.05, 0.1) is 30.7 Å². The number of esters is 1. The molecule has 1 amide bonds. The molecule has 3 fully saturated rings. The predicted octanol–water partition coefficient (Wildman–Crippen LogP) is 4.15. The summed E-state index contributed by atoms with van der Waals surface area (Å²) < 4.78 is 6.30. The highest BCUT2D eigenvalue weighted by molar-refractivity contribution is 7.99. The van der Waals surface area contributed by atoms with Gasteiger partial charge >= 0.3 is 5.97 Å². The summed E-state index contributed by atoms with van der Waals surface area (Å²) in [4.78, 5) is 45.2. The Morgan fingerprint density at radius 1 is 1.33 bits per heavy atom. The molecule has 2 bridgehead atoms. The molecular weight excluding hydrogens is 574 g/mol. The van der Waals surface area contributed by atoms with Crippen LogP contribution in [-0.4, -0.2) is 82.5 Å². The number of carbonyl (C=O) groups excluding carboxylic acids is 3. The molecule has 0 radical (unpaired) electrons. The number of aromatic nitrogens is 1. The normalized spacial score (nSPS) is 36.2. The molecule has 8 atom stereocenters. The SMILES string of the molecule is C=C[C@]1(C)C[C@@H](OC(=O)CSCc2csc(NC(=O)CN(C)CCO)n2)[C@]2(C)[C@H](C)CC[C@]3(CCC(=O)[C@H]32)[C@@H](C)[C@@H]1O. The number of anilines is 1. The van der Waals surface area contributed by atoms with Crippen LogP contribution in [0, 0.1) is 34.0 Å². The van der Waals surface area contributed by atoms with E-state index in [-0.39, 0.29) is 59.7 Å². The largest absolute Gasteiger partial charge is 0.461 e. The number of nitrogens with one attached hydrogen (secondary N) is 1. The van der Waals surface area contributed by atoms with Crippen molar-refractivity contribution in [2.75, 3.05) is 37.8 Å². The molecule has 0 aromatic carbocycles. The minimum absolute atomic E-state index is 0.0158. The summed E-state index contributed by atoms with van der Waals surface area (Å²) in [5, 5.41) is 25.8. The maximum Gasteiger partial charge on any atom is 0.316 e. The third kappa shape index (κ3) is 6.22. The minimum Gasteiger partial charge on any atom is -0.461 e. The van der Waals surface area contributed by atoms with Gasteiger partial charge in [-0.05, 0) is 50.0 Å². The number of aliphatic hydroxyl groups excluding tert-OH is 2. The van der Waals surface area contributed by atoms with Crippen molar-refractivity contribution >= 4 is 45.9 Å². The number of amides is 1. The summed E-state index contributed by atoms with van der Waals surface area (Å²) in [7, 11) is 1.76. The van der Waals surface area contributed by atoms with E-state index in [1.807, 2.05) is 18.4 Å². The van der Waals surface area contributed by atoms with Crippen LogP contribution in [0.3, 0.4) is 0 Å². The number of rotatable bonds is 11. The summed E-state index contributed by atoms with van der Waals surface area (Å²) in [6.07, 6.45) is 4.14. The number of aliphatic hydroxyl groups is 2. The Morgan fingerprint density at radius 3 is 2.76 bits per heavy atom. The van der Waals surface area contributed by atoms with Gasteiger partial charge in [-0.15, -0.1) is 29.7 Å². The molecule has 0 aliphatic heterocycles. The van der Waals surface area contributed by atoms with Crippen LogP contribution in [0.4, 0.5) is 5.13 Å². The van der Waals surface area contributed by atoms with Crippen molar-refractivity contribution in [2.24, 2.45) is 34.0 Å². The van der Waals surface area contributed by atoms with E-state index >= 15 is 0 Å². The van der Waals surface area contributed by atoms with Crippen LogP contribution in [0.5, 0.6) is 0 Å². The van der Waals surface area contributed by atoms with Gasteiger partial charge in [-0.3, -0.25) is 19.3 Å². The average Bonchev–Trinajstić information content (AvgIpc) is 3.53. The van der Waals surface area contributed by atoms with Crippen LogP contribution in [-0.2, 0) is 24.9 Å². The number of hydrogen-bond acceptors (Lipinski definition) is 10. The van der Waals surface area contributed by atoms with Crippen LogP contribution >= 0.6 is 23.1 Å². The Labute approximate surface area is 257 Å². The second-order valence-corrected chi connectivity index (χ2v) is 15.1. The Hall–Kier alpha value is -1.79. The Balaban J connectivity index is 1.44. The molecule has 1 aromatic heterocycles. The first-order valence-corrected chi connectivity index (χ1v) is 17.0. The molecule has 42 heavy (non-hydrogen) atoms. The van der Waals surface area contributed by atoms with E-state index in [1.54, 1.807) is 11.9 Å². The lowest BCUT2D eigenvalue weighted by atomic mass is 9.44. The molecule has 3 N–H and O–H groups in total. The van der Waals surface area contributed by atoms with E-state index in [0.717, 1.165) is 25.0 Å². The number of nitrogens with zero attached hydrogens (tertiary/aromatic N) is 2. The van der Waals surface area contributed by atoms with E-state index in [0.29, 0.717) is 30.3 Å². The van der Waals surface area contributed by atoms with Gasteiger partial charge in [0.25, 0.3) is 0 Å². The number of hydrogen-bond donors (Lipinski definition) is 3. The first-order valence-electron chi connectivity index (χ1n) is 15.0. The third-order valence-electron chi connectivity index (χ3n) is 10.7. The van der Waals surface area contributed by atoms with Crippen molar-refractivity contribution in [1.29, 1.82) is 0 Å². The fourth-order valence-corrected chi connectivity index (χ4v) is 9.54. The predicted molar refractivity (Wildman–Crippen MR) is 166 cm³/mol. The van der Waals surface area contributed by atoms with E-state index in [9.17, 15) is 19.5 Å². The minimum atomic E-state index is -0.689. The monoisotopic (exact) mass is 621 g/mol. The highest BCUT2D eigenvalue weighted by atomic mass is 32.2. The zero-order chi connectivity index (χ0) is 30.9. The van der Waals surface area contributed by atoms with Crippen molar-refractivity contribution in [1.82, 2.24) is 9.88 Å². The van der Waals surface area contributed by atoms with Crippen LogP contribution in [0.1, 0.15) is 65.5 Å². The van der Waals surface area contributed by atoms with Crippen molar-refractivity contribution in [3.8, 4) is 0 Å². The molecule has 3 aliphatic rings. The molecule has 11 heteroatoms. The molecule has 4 rings (SSSR count). The number of thioether (sulfide) groups is 1. The number of ketones is 1. The fourth-order valence-electron chi connectivity index (χ4n) is 8.02. The Kier molecular flexibility index (Phi) is 10.3. The van der Waals surface area contributed by atoms with Crippen molar-refractivity contribution in [3.05, 3.63) is 23.7 Å². The van der Waals surface area contributed by atoms with Crippen LogP contribution in [0.2, 0.25) is 0 Å². The maximum atomic E-state index is 13.5. The van der Waals surface area contributed by atoms with E-state index in [2.05, 4.69) is 37.7 Å². The average molecular weight is 622 g/mol. The van der Waals surface area contributed by atoms with E-state index < -0.39 is 23.0 Å².